The summed E-state index contributed by atoms with van der Waals surface area (Å²) in [5.74, 6) is 0.227. The summed E-state index contributed by atoms with van der Waals surface area (Å²) in [5, 5.41) is 0. The quantitative estimate of drug-likeness (QED) is 0.469. The van der Waals surface area contributed by atoms with Crippen LogP contribution in [0.15, 0.2) is 47.7 Å². The second-order valence-corrected chi connectivity index (χ2v) is 8.79. The predicted molar refractivity (Wildman–Crippen MR) is 109 cm³/mol. The highest BCUT2D eigenvalue weighted by Gasteiger charge is 2.53. The Kier molecular flexibility index (Phi) is 6.12. The van der Waals surface area contributed by atoms with E-state index in [1.54, 1.807) is 0 Å². The molecule has 0 bridgehead atoms. The standard InChI is InChI=1S/C23H33BO2/c1-22(2)23(3,4)26-24(25-22)21(17-15-19-11-7-5-8-12-19)18-16-20-13-9-6-10-14-20/h5,7-8,11-12,18,21H,6,9-10,13-15,17H2,1-4H3. The van der Waals surface area contributed by atoms with Crippen LogP contribution in [0.2, 0.25) is 5.82 Å². The van der Waals surface area contributed by atoms with E-state index in [1.165, 1.54) is 43.2 Å². The van der Waals surface area contributed by atoms with Gasteiger partial charge in [-0.25, -0.2) is 0 Å². The van der Waals surface area contributed by atoms with E-state index in [9.17, 15) is 0 Å². The summed E-state index contributed by atoms with van der Waals surface area (Å²) in [7, 11) is -0.194. The molecule has 1 unspecified atom stereocenters. The van der Waals surface area contributed by atoms with Crippen molar-refractivity contribution in [2.75, 3.05) is 0 Å². The zero-order valence-corrected chi connectivity index (χ0v) is 16.9. The van der Waals surface area contributed by atoms with Gasteiger partial charge < -0.3 is 9.31 Å². The number of aryl methyl sites for hydroxylation is 1. The molecule has 0 amide bonds. The summed E-state index contributed by atoms with van der Waals surface area (Å²) in [6, 6.07) is 10.7. The third-order valence-corrected chi connectivity index (χ3v) is 6.19. The molecule has 140 valence electrons. The summed E-state index contributed by atoms with van der Waals surface area (Å²) < 4.78 is 12.7. The lowest BCUT2D eigenvalue weighted by Crippen LogP contribution is -2.41. The van der Waals surface area contributed by atoms with Gasteiger partial charge in [0.1, 0.15) is 0 Å². The van der Waals surface area contributed by atoms with E-state index in [0.717, 1.165) is 12.8 Å². The minimum atomic E-state index is -0.283. The second kappa shape index (κ2) is 8.17. The second-order valence-electron chi connectivity index (χ2n) is 8.79. The van der Waals surface area contributed by atoms with Crippen LogP contribution in [0.5, 0.6) is 0 Å². The van der Waals surface area contributed by atoms with Crippen molar-refractivity contribution in [2.24, 2.45) is 0 Å². The first-order valence-corrected chi connectivity index (χ1v) is 10.2. The van der Waals surface area contributed by atoms with Crippen LogP contribution in [-0.2, 0) is 15.7 Å². The average Bonchev–Trinajstić information content (AvgIpc) is 2.84. The van der Waals surface area contributed by atoms with Gasteiger partial charge in [0.05, 0.1) is 11.2 Å². The minimum Gasteiger partial charge on any atom is -0.403 e. The molecule has 0 spiro atoms. The lowest BCUT2D eigenvalue weighted by atomic mass is 9.69. The van der Waals surface area contributed by atoms with Crippen molar-refractivity contribution in [3.8, 4) is 0 Å². The van der Waals surface area contributed by atoms with Gasteiger partial charge in [-0.05, 0) is 83.4 Å². The SMILES string of the molecule is CC1(C)OB(C(C=C=C2CCCCC2)CCc2ccccc2)OC1(C)C. The van der Waals surface area contributed by atoms with Gasteiger partial charge in [0.25, 0.3) is 0 Å². The zero-order chi connectivity index (χ0) is 18.6. The van der Waals surface area contributed by atoms with Crippen molar-refractivity contribution in [2.45, 2.75) is 89.7 Å². The molecule has 0 aromatic heterocycles. The van der Waals surface area contributed by atoms with E-state index >= 15 is 0 Å². The molecule has 26 heavy (non-hydrogen) atoms. The van der Waals surface area contributed by atoms with Crippen molar-refractivity contribution < 1.29 is 9.31 Å². The highest BCUT2D eigenvalue weighted by atomic mass is 16.7. The first-order valence-electron chi connectivity index (χ1n) is 10.2. The van der Waals surface area contributed by atoms with Gasteiger partial charge in [-0.2, -0.15) is 0 Å². The number of allylic oxidation sites excluding steroid dienone is 1. The molecule has 2 aliphatic rings. The van der Waals surface area contributed by atoms with E-state index in [4.69, 9.17) is 9.31 Å². The maximum atomic E-state index is 6.35. The van der Waals surface area contributed by atoms with Crippen molar-refractivity contribution in [3.05, 3.63) is 53.3 Å². The van der Waals surface area contributed by atoms with Gasteiger partial charge in [-0.1, -0.05) is 36.8 Å². The fraction of sp³-hybridized carbons (Fsp3) is 0.609. The summed E-state index contributed by atoms with van der Waals surface area (Å²) in [6.45, 7) is 8.52. The summed E-state index contributed by atoms with van der Waals surface area (Å²) in [5.41, 5.74) is 5.89. The monoisotopic (exact) mass is 352 g/mol. The Labute approximate surface area is 159 Å². The molecule has 3 heteroatoms. The molecule has 1 heterocycles. The summed E-state index contributed by atoms with van der Waals surface area (Å²) in [4.78, 5) is 0. The first kappa shape index (κ1) is 19.5. The van der Waals surface area contributed by atoms with Gasteiger partial charge in [-0.3, -0.25) is 0 Å². The Morgan fingerprint density at radius 2 is 1.62 bits per heavy atom. The molecule has 1 aliphatic carbocycles. The van der Waals surface area contributed by atoms with Crippen molar-refractivity contribution >= 4 is 7.12 Å². The smallest absolute Gasteiger partial charge is 0.403 e. The van der Waals surface area contributed by atoms with E-state index in [0.29, 0.717) is 0 Å². The Balaban J connectivity index is 1.76. The van der Waals surface area contributed by atoms with Crippen LogP contribution < -0.4 is 0 Å². The largest absolute Gasteiger partial charge is 0.465 e. The van der Waals surface area contributed by atoms with Crippen LogP contribution in [0.3, 0.4) is 0 Å². The lowest BCUT2D eigenvalue weighted by Gasteiger charge is -2.32. The molecule has 1 aromatic carbocycles. The molecule has 1 aliphatic heterocycles. The molecule has 2 fully saturated rings. The van der Waals surface area contributed by atoms with Crippen LogP contribution in [0.4, 0.5) is 0 Å². The molecule has 2 nitrogen and oxygen atoms in total. The third-order valence-electron chi connectivity index (χ3n) is 6.19. The number of hydrogen-bond acceptors (Lipinski definition) is 2. The van der Waals surface area contributed by atoms with Crippen LogP contribution in [-0.4, -0.2) is 18.3 Å². The summed E-state index contributed by atoms with van der Waals surface area (Å²) >= 11 is 0. The predicted octanol–water partition coefficient (Wildman–Crippen LogP) is 6.13. The molecule has 1 saturated heterocycles. The maximum Gasteiger partial charge on any atom is 0.465 e. The Morgan fingerprint density at radius 3 is 2.23 bits per heavy atom. The highest BCUT2D eigenvalue weighted by Crippen LogP contribution is 2.41. The highest BCUT2D eigenvalue weighted by molar-refractivity contribution is 6.48. The number of benzene rings is 1. The fourth-order valence-electron chi connectivity index (χ4n) is 3.69. The van der Waals surface area contributed by atoms with Gasteiger partial charge in [0.2, 0.25) is 0 Å². The van der Waals surface area contributed by atoms with Crippen LogP contribution >= 0.6 is 0 Å². The molecule has 0 N–H and O–H groups in total. The van der Waals surface area contributed by atoms with E-state index in [-0.39, 0.29) is 24.1 Å². The van der Waals surface area contributed by atoms with Crippen LogP contribution in [0.1, 0.15) is 71.8 Å². The van der Waals surface area contributed by atoms with E-state index in [1.807, 2.05) is 0 Å². The molecule has 3 rings (SSSR count). The molecule has 1 saturated carbocycles. The fourth-order valence-corrected chi connectivity index (χ4v) is 3.69. The van der Waals surface area contributed by atoms with Crippen LogP contribution in [0, 0.1) is 0 Å². The van der Waals surface area contributed by atoms with E-state index < -0.39 is 0 Å². The Hall–Kier alpha value is -1.28. The number of rotatable bonds is 5. The average molecular weight is 352 g/mol. The molecule has 0 radical (unpaired) electrons. The Morgan fingerprint density at radius 1 is 1.00 bits per heavy atom. The van der Waals surface area contributed by atoms with Crippen molar-refractivity contribution in [1.82, 2.24) is 0 Å². The molecule has 1 atom stereocenters. The molecule has 1 aromatic rings. The van der Waals surface area contributed by atoms with Crippen LogP contribution in [0.25, 0.3) is 0 Å². The minimum absolute atomic E-state index is 0.194. The van der Waals surface area contributed by atoms with E-state index in [2.05, 4.69) is 69.8 Å². The van der Waals surface area contributed by atoms with Gasteiger partial charge in [0.15, 0.2) is 0 Å². The zero-order valence-electron chi connectivity index (χ0n) is 16.9. The summed E-state index contributed by atoms with van der Waals surface area (Å²) in [6.07, 6.45) is 10.7. The topological polar surface area (TPSA) is 18.5 Å². The number of hydrogen-bond donors (Lipinski definition) is 0. The Bertz CT molecular complexity index is 632. The van der Waals surface area contributed by atoms with Gasteiger partial charge in [0, 0.05) is 5.82 Å². The lowest BCUT2D eigenvalue weighted by molar-refractivity contribution is 0.00578. The molecular weight excluding hydrogens is 319 g/mol. The van der Waals surface area contributed by atoms with Crippen molar-refractivity contribution in [3.63, 3.8) is 0 Å². The first-order chi connectivity index (χ1) is 12.4. The normalized spacial score (nSPS) is 22.8. The van der Waals surface area contributed by atoms with Gasteiger partial charge in [-0.15, -0.1) is 5.73 Å². The van der Waals surface area contributed by atoms with Gasteiger partial charge >= 0.3 is 7.12 Å². The molecular formula is C23H33BO2. The third kappa shape index (κ3) is 4.71. The maximum absolute atomic E-state index is 6.35. The van der Waals surface area contributed by atoms with Crippen molar-refractivity contribution in [1.29, 1.82) is 0 Å².